The molecule has 0 saturated carbocycles. The van der Waals surface area contributed by atoms with Crippen LogP contribution in [0.5, 0.6) is 0 Å². The fourth-order valence-electron chi connectivity index (χ4n) is 4.26. The SMILES string of the molecule is Cc1cc(C)c(C(=O)C(CCCOP=O)C(=O)c2c(C)cc(C)cc2C)c(C)c1. The van der Waals surface area contributed by atoms with Crippen molar-refractivity contribution in [2.75, 3.05) is 6.61 Å². The summed E-state index contributed by atoms with van der Waals surface area (Å²) < 4.78 is 15.4. The van der Waals surface area contributed by atoms with Crippen molar-refractivity contribution >= 4 is 20.3 Å². The van der Waals surface area contributed by atoms with Crippen molar-refractivity contribution in [3.05, 3.63) is 68.8 Å². The maximum Gasteiger partial charge on any atom is 0.327 e. The number of hydrogen-bond acceptors (Lipinski definition) is 4. The number of benzene rings is 2. The van der Waals surface area contributed by atoms with Gasteiger partial charge in [0.15, 0.2) is 11.6 Å². The molecule has 0 N–H and O–H groups in total. The molecule has 5 heteroatoms. The van der Waals surface area contributed by atoms with Crippen LogP contribution in [0.3, 0.4) is 0 Å². The monoisotopic (exact) mass is 412 g/mol. The number of rotatable bonds is 9. The minimum absolute atomic E-state index is 0.149. The maximum absolute atomic E-state index is 13.5. The second kappa shape index (κ2) is 10.0. The molecule has 2 rings (SSSR count). The first-order valence-electron chi connectivity index (χ1n) is 9.86. The Hall–Kier alpha value is -2.16. The van der Waals surface area contributed by atoms with Crippen molar-refractivity contribution in [2.45, 2.75) is 54.4 Å². The standard InChI is InChI=1S/C24H29O4P/c1-14-10-16(3)21(17(4)11-14)23(25)20(8-7-9-28-29-27)24(26)22-18(5)12-15(2)13-19(22)6/h10-13,20H,7-9H2,1-6H3. The Morgan fingerprint density at radius 1 is 0.793 bits per heavy atom. The highest BCUT2D eigenvalue weighted by Gasteiger charge is 2.31. The molecule has 2 aromatic carbocycles. The highest BCUT2D eigenvalue weighted by molar-refractivity contribution is 7.17. The van der Waals surface area contributed by atoms with Gasteiger partial charge < -0.3 is 0 Å². The Morgan fingerprint density at radius 2 is 1.17 bits per heavy atom. The van der Waals surface area contributed by atoms with Crippen LogP contribution in [-0.4, -0.2) is 18.2 Å². The second-order valence-corrected chi connectivity index (χ2v) is 8.29. The van der Waals surface area contributed by atoms with Crippen LogP contribution in [-0.2, 0) is 9.09 Å². The molecular weight excluding hydrogens is 383 g/mol. The van der Waals surface area contributed by atoms with E-state index in [1.807, 2.05) is 65.8 Å². The van der Waals surface area contributed by atoms with Crippen molar-refractivity contribution < 1.29 is 18.7 Å². The summed E-state index contributed by atoms with van der Waals surface area (Å²) in [6.45, 7) is 11.9. The number of aryl methyl sites for hydroxylation is 6. The van der Waals surface area contributed by atoms with E-state index >= 15 is 0 Å². The van der Waals surface area contributed by atoms with Crippen molar-refractivity contribution in [3.63, 3.8) is 0 Å². The molecular formula is C24H29O4P. The fraction of sp³-hybridized carbons (Fsp3) is 0.417. The molecule has 4 nitrogen and oxygen atoms in total. The number of ketones is 2. The average molecular weight is 412 g/mol. The van der Waals surface area contributed by atoms with Gasteiger partial charge in [0.05, 0.1) is 12.5 Å². The molecule has 0 radical (unpaired) electrons. The summed E-state index contributed by atoms with van der Waals surface area (Å²) in [5, 5.41) is 0. The molecule has 154 valence electrons. The van der Waals surface area contributed by atoms with Crippen molar-refractivity contribution in [3.8, 4) is 0 Å². The molecule has 0 amide bonds. The molecule has 0 bridgehead atoms. The summed E-state index contributed by atoms with van der Waals surface area (Å²) >= 11 is 0. The van der Waals surface area contributed by atoms with E-state index in [-0.39, 0.29) is 26.9 Å². The lowest BCUT2D eigenvalue weighted by atomic mass is 9.81. The molecule has 0 saturated heterocycles. The van der Waals surface area contributed by atoms with Gasteiger partial charge in [-0.25, -0.2) is 4.57 Å². The topological polar surface area (TPSA) is 60.4 Å². The third kappa shape index (κ3) is 5.46. The summed E-state index contributed by atoms with van der Waals surface area (Å²) in [4.78, 5) is 27.1. The van der Waals surface area contributed by atoms with Crippen molar-refractivity contribution in [2.24, 2.45) is 5.92 Å². The van der Waals surface area contributed by atoms with E-state index < -0.39 is 5.92 Å². The van der Waals surface area contributed by atoms with Crippen LogP contribution in [0.2, 0.25) is 0 Å². The molecule has 0 unspecified atom stereocenters. The Morgan fingerprint density at radius 3 is 1.52 bits per heavy atom. The van der Waals surface area contributed by atoms with E-state index in [1.54, 1.807) is 0 Å². The molecule has 0 spiro atoms. The number of hydrogen-bond donors (Lipinski definition) is 0. The van der Waals surface area contributed by atoms with Crippen LogP contribution < -0.4 is 0 Å². The third-order valence-corrected chi connectivity index (χ3v) is 5.55. The summed E-state index contributed by atoms with van der Waals surface area (Å²) in [5.41, 5.74) is 6.97. The van der Waals surface area contributed by atoms with Gasteiger partial charge in [-0.2, -0.15) is 0 Å². The van der Waals surface area contributed by atoms with Gasteiger partial charge in [0.25, 0.3) is 0 Å². The van der Waals surface area contributed by atoms with Crippen LogP contribution in [0.4, 0.5) is 0 Å². The van der Waals surface area contributed by atoms with Gasteiger partial charge in [-0.3, -0.25) is 14.1 Å². The zero-order valence-corrected chi connectivity index (χ0v) is 19.0. The summed E-state index contributed by atoms with van der Waals surface area (Å²) in [5.74, 6) is -1.09. The smallest absolute Gasteiger partial charge is 0.294 e. The molecule has 0 fully saturated rings. The van der Waals surface area contributed by atoms with E-state index in [0.717, 1.165) is 33.4 Å². The van der Waals surface area contributed by atoms with Crippen LogP contribution >= 0.6 is 8.69 Å². The summed E-state index contributed by atoms with van der Waals surface area (Å²) in [6.07, 6.45) is 0.831. The lowest BCUT2D eigenvalue weighted by molar-refractivity contribution is 0.0793. The lowest BCUT2D eigenvalue weighted by Gasteiger charge is -2.20. The predicted octanol–water partition coefficient (Wildman–Crippen LogP) is 6.22. The maximum atomic E-state index is 13.5. The van der Waals surface area contributed by atoms with E-state index in [4.69, 9.17) is 4.52 Å². The van der Waals surface area contributed by atoms with Gasteiger partial charge in [-0.15, -0.1) is 0 Å². The van der Waals surface area contributed by atoms with Gasteiger partial charge in [0.2, 0.25) is 0 Å². The summed E-state index contributed by atoms with van der Waals surface area (Å²) in [6, 6.07) is 7.90. The van der Waals surface area contributed by atoms with E-state index in [0.29, 0.717) is 24.0 Å². The highest BCUT2D eigenvalue weighted by atomic mass is 31.1. The Bertz CT molecular complexity index is 830. The summed E-state index contributed by atoms with van der Waals surface area (Å²) in [7, 11) is -0.389. The largest absolute Gasteiger partial charge is 0.327 e. The fourth-order valence-corrected chi connectivity index (χ4v) is 4.46. The second-order valence-electron chi connectivity index (χ2n) is 7.88. The first-order valence-corrected chi connectivity index (χ1v) is 10.6. The van der Waals surface area contributed by atoms with Gasteiger partial charge in [-0.1, -0.05) is 35.4 Å². The lowest BCUT2D eigenvalue weighted by Crippen LogP contribution is -2.27. The van der Waals surface area contributed by atoms with Gasteiger partial charge in [0, 0.05) is 11.1 Å². The molecule has 0 aliphatic rings. The van der Waals surface area contributed by atoms with E-state index in [1.165, 1.54) is 0 Å². The van der Waals surface area contributed by atoms with Crippen molar-refractivity contribution in [1.29, 1.82) is 0 Å². The Balaban J connectivity index is 2.48. The normalized spacial score (nSPS) is 11.3. The number of carbonyl (C=O) groups excluding carboxylic acids is 2. The molecule has 0 atom stereocenters. The van der Waals surface area contributed by atoms with Crippen LogP contribution in [0.1, 0.15) is 66.9 Å². The third-order valence-electron chi connectivity index (χ3n) is 5.26. The van der Waals surface area contributed by atoms with Crippen molar-refractivity contribution in [1.82, 2.24) is 0 Å². The van der Waals surface area contributed by atoms with Crippen LogP contribution in [0, 0.1) is 47.5 Å². The molecule has 0 heterocycles. The quantitative estimate of drug-likeness (QED) is 0.212. The first-order chi connectivity index (χ1) is 13.7. The molecule has 29 heavy (non-hydrogen) atoms. The number of Topliss-reactive ketones (excluding diaryl/α,β-unsaturated/α-hetero) is 2. The van der Waals surface area contributed by atoms with Gasteiger partial charge >= 0.3 is 8.69 Å². The zero-order chi connectivity index (χ0) is 21.7. The Labute approximate surface area is 175 Å². The highest BCUT2D eigenvalue weighted by Crippen LogP contribution is 2.28. The molecule has 0 aliphatic carbocycles. The molecule has 0 aromatic heterocycles. The van der Waals surface area contributed by atoms with Crippen LogP contribution in [0.15, 0.2) is 24.3 Å². The first kappa shape index (κ1) is 23.1. The van der Waals surface area contributed by atoms with Gasteiger partial charge in [0.1, 0.15) is 0 Å². The molecule has 0 aliphatic heterocycles. The zero-order valence-electron chi connectivity index (χ0n) is 18.1. The van der Waals surface area contributed by atoms with Gasteiger partial charge in [-0.05, 0) is 76.6 Å². The van der Waals surface area contributed by atoms with Crippen LogP contribution in [0.25, 0.3) is 0 Å². The van der Waals surface area contributed by atoms with E-state index in [9.17, 15) is 14.2 Å². The van der Waals surface area contributed by atoms with E-state index in [2.05, 4.69) is 0 Å². The minimum atomic E-state index is -0.790. The molecule has 2 aromatic rings. The average Bonchev–Trinajstić information content (AvgIpc) is 2.59. The predicted molar refractivity (Wildman–Crippen MR) is 116 cm³/mol. The minimum Gasteiger partial charge on any atom is -0.294 e. The number of carbonyl (C=O) groups is 2. The Kier molecular flexibility index (Phi) is 8.01.